The second kappa shape index (κ2) is 9.83. The van der Waals surface area contributed by atoms with E-state index in [0.29, 0.717) is 0 Å². The Labute approximate surface area is 122 Å². The quantitative estimate of drug-likeness (QED) is 0.189. The lowest BCUT2D eigenvalue weighted by atomic mass is 10.3. The van der Waals surface area contributed by atoms with E-state index >= 15 is 0 Å². The van der Waals surface area contributed by atoms with E-state index in [1.165, 1.54) is 0 Å². The lowest BCUT2D eigenvalue weighted by molar-refractivity contribution is -0.143. The van der Waals surface area contributed by atoms with E-state index in [0.717, 1.165) is 21.6 Å². The van der Waals surface area contributed by atoms with E-state index < -0.39 is 42.6 Å². The Morgan fingerprint density at radius 1 is 1.10 bits per heavy atom. The summed E-state index contributed by atoms with van der Waals surface area (Å²) < 4.78 is 0. The van der Waals surface area contributed by atoms with Gasteiger partial charge in [-0.2, -0.15) is 0 Å². The zero-order valence-corrected chi connectivity index (χ0v) is 11.9. The minimum atomic E-state index is -1.69. The highest BCUT2D eigenvalue weighted by Gasteiger charge is 2.24. The van der Waals surface area contributed by atoms with Gasteiger partial charge in [0.25, 0.3) is 5.91 Å². The van der Waals surface area contributed by atoms with Crippen LogP contribution in [0.25, 0.3) is 0 Å². The first-order valence-electron chi connectivity index (χ1n) is 5.34. The highest BCUT2D eigenvalue weighted by molar-refractivity contribution is 8.76. The summed E-state index contributed by atoms with van der Waals surface area (Å²) in [6, 6.07) is -2.32. The lowest BCUT2D eigenvalue weighted by Crippen LogP contribution is -2.47. The fraction of sp³-hybridized carbons (Fsp3) is 0.667. The molecule has 0 rings (SSSR count). The third-order valence-corrected chi connectivity index (χ3v) is 4.42. The second-order valence-electron chi connectivity index (χ2n) is 3.61. The number of rotatable bonds is 10. The Morgan fingerprint density at radius 3 is 2.10 bits per heavy atom. The van der Waals surface area contributed by atoms with Crippen molar-refractivity contribution in [3.63, 3.8) is 0 Å². The Morgan fingerprint density at radius 2 is 1.65 bits per heavy atom. The first-order chi connectivity index (χ1) is 9.29. The van der Waals surface area contributed by atoms with Gasteiger partial charge in [0.15, 0.2) is 6.10 Å². The summed E-state index contributed by atoms with van der Waals surface area (Å²) in [6.45, 7) is -0.812. The molecule has 0 spiro atoms. The predicted octanol–water partition coefficient (Wildman–Crippen LogP) is -2.30. The van der Waals surface area contributed by atoms with Crippen molar-refractivity contribution in [1.29, 1.82) is 0 Å². The van der Waals surface area contributed by atoms with Crippen LogP contribution in [0, 0.1) is 0 Å². The van der Waals surface area contributed by atoms with Crippen molar-refractivity contribution in [3.05, 3.63) is 0 Å². The van der Waals surface area contributed by atoms with Gasteiger partial charge in [0.2, 0.25) is 0 Å². The van der Waals surface area contributed by atoms with Crippen LogP contribution in [0.5, 0.6) is 0 Å². The average Bonchev–Trinajstić information content (AvgIpc) is 2.39. The maximum Gasteiger partial charge on any atom is 0.327 e. The van der Waals surface area contributed by atoms with Crippen LogP contribution in [0.1, 0.15) is 0 Å². The number of hydrogen-bond donors (Lipinski definition) is 6. The molecule has 0 fully saturated rings. The van der Waals surface area contributed by atoms with Gasteiger partial charge in [0, 0.05) is 11.5 Å². The third-order valence-electron chi connectivity index (χ3n) is 1.97. The molecule has 0 aromatic carbocycles. The van der Waals surface area contributed by atoms with E-state index in [1.807, 2.05) is 5.32 Å². The molecule has 0 aromatic rings. The fourth-order valence-corrected chi connectivity index (χ4v) is 3.10. The van der Waals surface area contributed by atoms with Crippen molar-refractivity contribution in [2.75, 3.05) is 18.1 Å². The molecule has 0 saturated heterocycles. The van der Waals surface area contributed by atoms with Crippen molar-refractivity contribution < 1.29 is 34.8 Å². The maximum absolute atomic E-state index is 11.2. The minimum absolute atomic E-state index is 0.0454. The third kappa shape index (κ3) is 7.55. The summed E-state index contributed by atoms with van der Waals surface area (Å²) in [5.74, 6) is -3.42. The Hall–Kier alpha value is -1.01. The monoisotopic (exact) mass is 328 g/mol. The van der Waals surface area contributed by atoms with Crippen LogP contribution in [0.4, 0.5) is 0 Å². The summed E-state index contributed by atoms with van der Waals surface area (Å²) in [5, 5.41) is 37.0. The molecule has 1 amide bonds. The van der Waals surface area contributed by atoms with Crippen LogP contribution >= 0.6 is 21.6 Å². The zero-order chi connectivity index (χ0) is 15.7. The van der Waals surface area contributed by atoms with Crippen LogP contribution in [0.2, 0.25) is 0 Å². The molecular weight excluding hydrogens is 312 g/mol. The Kier molecular flexibility index (Phi) is 9.33. The molecule has 0 heterocycles. The second-order valence-corrected chi connectivity index (χ2v) is 6.16. The van der Waals surface area contributed by atoms with Gasteiger partial charge in [-0.1, -0.05) is 21.6 Å². The first-order valence-corrected chi connectivity index (χ1v) is 7.83. The number of carbonyl (C=O) groups excluding carboxylic acids is 1. The molecule has 0 aliphatic rings. The van der Waals surface area contributed by atoms with E-state index in [1.54, 1.807) is 0 Å². The van der Waals surface area contributed by atoms with Crippen molar-refractivity contribution in [3.8, 4) is 0 Å². The molecule has 116 valence electrons. The molecule has 7 N–H and O–H groups in total. The number of amides is 1. The van der Waals surface area contributed by atoms with Crippen LogP contribution in [-0.4, -0.2) is 74.6 Å². The Balaban J connectivity index is 4.13. The summed E-state index contributed by atoms with van der Waals surface area (Å²) in [5.41, 5.74) is 5.25. The van der Waals surface area contributed by atoms with Crippen molar-refractivity contribution in [2.24, 2.45) is 5.73 Å². The largest absolute Gasteiger partial charge is 0.480 e. The van der Waals surface area contributed by atoms with Crippen LogP contribution in [-0.2, 0) is 14.4 Å². The number of aliphatic hydroxyl groups is 2. The molecule has 3 atom stereocenters. The summed E-state index contributed by atoms with van der Waals surface area (Å²) in [7, 11) is 2.09. The number of hydrogen-bond acceptors (Lipinski definition) is 8. The smallest absolute Gasteiger partial charge is 0.327 e. The van der Waals surface area contributed by atoms with Gasteiger partial charge in [0.1, 0.15) is 12.1 Å². The molecule has 0 aliphatic carbocycles. The average molecular weight is 328 g/mol. The van der Waals surface area contributed by atoms with Gasteiger partial charge in [-0.25, -0.2) is 4.79 Å². The SMILES string of the molecule is NC(CSSCC(NC(=O)C(O)CO)C(=O)O)C(=O)O. The van der Waals surface area contributed by atoms with Gasteiger partial charge in [0.05, 0.1) is 6.61 Å². The first kappa shape index (κ1) is 19.0. The normalized spacial score (nSPS) is 15.2. The van der Waals surface area contributed by atoms with Crippen molar-refractivity contribution >= 4 is 39.4 Å². The molecule has 0 radical (unpaired) electrons. The van der Waals surface area contributed by atoms with E-state index in [9.17, 15) is 14.4 Å². The molecule has 0 aliphatic heterocycles. The number of carboxylic acid groups (broad SMARTS) is 2. The van der Waals surface area contributed by atoms with E-state index in [2.05, 4.69) is 0 Å². The van der Waals surface area contributed by atoms with Gasteiger partial charge in [-0.15, -0.1) is 0 Å². The zero-order valence-electron chi connectivity index (χ0n) is 10.3. The van der Waals surface area contributed by atoms with Gasteiger partial charge in [-0.3, -0.25) is 9.59 Å². The van der Waals surface area contributed by atoms with E-state index in [4.69, 9.17) is 26.2 Å². The summed E-state index contributed by atoms with van der Waals surface area (Å²) >= 11 is 0. The molecular formula is C9H16N2O7S2. The molecule has 9 nitrogen and oxygen atoms in total. The molecule has 20 heavy (non-hydrogen) atoms. The van der Waals surface area contributed by atoms with Crippen LogP contribution in [0.15, 0.2) is 0 Å². The number of aliphatic carboxylic acids is 2. The number of aliphatic hydroxyl groups excluding tert-OH is 2. The number of nitrogens with two attached hydrogens (primary N) is 1. The molecule has 0 saturated carbocycles. The molecule has 3 unspecified atom stereocenters. The van der Waals surface area contributed by atoms with Gasteiger partial charge < -0.3 is 31.5 Å². The topological polar surface area (TPSA) is 170 Å². The highest BCUT2D eigenvalue weighted by Crippen LogP contribution is 2.22. The summed E-state index contributed by atoms with van der Waals surface area (Å²) in [4.78, 5) is 32.5. The maximum atomic E-state index is 11.2. The van der Waals surface area contributed by atoms with E-state index in [-0.39, 0.29) is 11.5 Å². The van der Waals surface area contributed by atoms with Gasteiger partial charge >= 0.3 is 11.9 Å². The fourth-order valence-electron chi connectivity index (χ4n) is 0.834. The minimum Gasteiger partial charge on any atom is -0.480 e. The summed E-state index contributed by atoms with van der Waals surface area (Å²) in [6.07, 6.45) is -1.69. The van der Waals surface area contributed by atoms with Crippen LogP contribution < -0.4 is 11.1 Å². The standard InChI is InChI=1S/C9H16N2O7S2/c10-4(8(15)16)2-19-20-3-5(9(17)18)11-7(14)6(13)1-12/h4-6,12-13H,1-3,10H2,(H,11,14)(H,15,16)(H,17,18). The van der Waals surface area contributed by atoms with Crippen molar-refractivity contribution in [1.82, 2.24) is 5.32 Å². The highest BCUT2D eigenvalue weighted by atomic mass is 33.1. The molecule has 0 aromatic heterocycles. The lowest BCUT2D eigenvalue weighted by Gasteiger charge is -2.16. The molecule has 0 bridgehead atoms. The Bertz CT molecular complexity index is 355. The number of carbonyl (C=O) groups is 3. The van der Waals surface area contributed by atoms with Gasteiger partial charge in [-0.05, 0) is 0 Å². The molecule has 11 heteroatoms. The van der Waals surface area contributed by atoms with Crippen LogP contribution in [0.3, 0.4) is 0 Å². The number of nitrogens with one attached hydrogen (secondary N) is 1. The predicted molar refractivity (Wildman–Crippen MR) is 73.2 cm³/mol. The van der Waals surface area contributed by atoms with Crippen molar-refractivity contribution in [2.45, 2.75) is 18.2 Å². The number of carboxylic acids is 2.